The molecule has 0 aliphatic carbocycles. The van der Waals surface area contributed by atoms with Crippen LogP contribution in [0.5, 0.6) is 0 Å². The van der Waals surface area contributed by atoms with Crippen LogP contribution in [0.1, 0.15) is 17.5 Å². The lowest BCUT2D eigenvalue weighted by Crippen LogP contribution is -2.17. The van der Waals surface area contributed by atoms with Gasteiger partial charge in [-0.05, 0) is 19.1 Å². The summed E-state index contributed by atoms with van der Waals surface area (Å²) in [5.41, 5.74) is 2.07. The second-order valence-electron chi connectivity index (χ2n) is 3.85. The highest BCUT2D eigenvalue weighted by atomic mass is 16.5. The Bertz CT molecular complexity index is 422. The molecule has 0 fully saturated rings. The zero-order valence-corrected chi connectivity index (χ0v) is 9.01. The predicted octanol–water partition coefficient (Wildman–Crippen LogP) is 1.62. The fraction of sp³-hybridized carbons (Fsp3) is 0.333. The van der Waals surface area contributed by atoms with E-state index in [4.69, 9.17) is 9.84 Å². The molecule has 2 rings (SSSR count). The van der Waals surface area contributed by atoms with Crippen molar-refractivity contribution in [3.05, 3.63) is 35.4 Å². The summed E-state index contributed by atoms with van der Waals surface area (Å²) in [6.07, 6.45) is -0.326. The van der Waals surface area contributed by atoms with Crippen LogP contribution < -0.4 is 0 Å². The number of carboxylic acid groups (broad SMARTS) is 1. The van der Waals surface area contributed by atoms with Crippen LogP contribution in [0, 0.1) is 6.92 Å². The summed E-state index contributed by atoms with van der Waals surface area (Å²) in [5.74, 6) is -0.309. The third-order valence-corrected chi connectivity index (χ3v) is 2.42. The van der Waals surface area contributed by atoms with Crippen LogP contribution in [-0.2, 0) is 9.53 Å². The lowest BCUT2D eigenvalue weighted by Gasteiger charge is -2.08. The van der Waals surface area contributed by atoms with Crippen LogP contribution >= 0.6 is 0 Å². The minimum Gasteiger partial charge on any atom is -0.481 e. The van der Waals surface area contributed by atoms with Crippen LogP contribution in [0.15, 0.2) is 29.3 Å². The minimum atomic E-state index is -0.856. The molecular weight excluding hydrogens is 206 g/mol. The standard InChI is InChI=1S/C12H13NO3/c1-8-2-4-9(5-3-8)12-13-7-10(16-12)6-11(14)15/h2-5,10H,6-7H2,1H3,(H,14,15). The summed E-state index contributed by atoms with van der Waals surface area (Å²) in [6.45, 7) is 2.43. The second kappa shape index (κ2) is 4.35. The fourth-order valence-corrected chi connectivity index (χ4v) is 1.57. The van der Waals surface area contributed by atoms with E-state index in [9.17, 15) is 4.79 Å². The first-order chi connectivity index (χ1) is 7.65. The Morgan fingerprint density at radius 3 is 2.81 bits per heavy atom. The molecule has 1 aromatic rings. The molecule has 1 aliphatic rings. The van der Waals surface area contributed by atoms with E-state index < -0.39 is 5.97 Å². The van der Waals surface area contributed by atoms with Gasteiger partial charge in [-0.1, -0.05) is 17.7 Å². The molecule has 1 unspecified atom stereocenters. The SMILES string of the molecule is Cc1ccc(C2=NCC(CC(=O)O)O2)cc1. The van der Waals surface area contributed by atoms with Crippen molar-refractivity contribution in [1.82, 2.24) is 0 Å². The summed E-state index contributed by atoms with van der Waals surface area (Å²) < 4.78 is 5.47. The number of aliphatic carboxylic acids is 1. The van der Waals surface area contributed by atoms with E-state index in [0.29, 0.717) is 12.4 Å². The Hall–Kier alpha value is -1.84. The number of carbonyl (C=O) groups is 1. The van der Waals surface area contributed by atoms with Gasteiger partial charge in [-0.15, -0.1) is 0 Å². The molecule has 0 spiro atoms. The van der Waals surface area contributed by atoms with Crippen molar-refractivity contribution >= 4 is 11.9 Å². The lowest BCUT2D eigenvalue weighted by atomic mass is 10.1. The van der Waals surface area contributed by atoms with Crippen molar-refractivity contribution in [2.75, 3.05) is 6.54 Å². The number of ether oxygens (including phenoxy) is 1. The highest BCUT2D eigenvalue weighted by Gasteiger charge is 2.23. The third-order valence-electron chi connectivity index (χ3n) is 2.42. The van der Waals surface area contributed by atoms with E-state index in [1.54, 1.807) is 0 Å². The number of aliphatic imine (C=N–C) groups is 1. The molecule has 0 amide bonds. The number of rotatable bonds is 3. The van der Waals surface area contributed by atoms with Crippen LogP contribution in [0.4, 0.5) is 0 Å². The van der Waals surface area contributed by atoms with Gasteiger partial charge in [0.2, 0.25) is 5.90 Å². The van der Waals surface area contributed by atoms with Crippen molar-refractivity contribution in [2.24, 2.45) is 4.99 Å². The van der Waals surface area contributed by atoms with Crippen LogP contribution in [0.25, 0.3) is 0 Å². The zero-order valence-electron chi connectivity index (χ0n) is 9.01. The van der Waals surface area contributed by atoms with E-state index in [1.165, 1.54) is 5.56 Å². The first-order valence-electron chi connectivity index (χ1n) is 5.15. The van der Waals surface area contributed by atoms with Gasteiger partial charge in [-0.3, -0.25) is 4.79 Å². The molecule has 16 heavy (non-hydrogen) atoms. The van der Waals surface area contributed by atoms with E-state index in [0.717, 1.165) is 5.56 Å². The smallest absolute Gasteiger partial charge is 0.307 e. The summed E-state index contributed by atoms with van der Waals surface area (Å²) >= 11 is 0. The normalized spacial score (nSPS) is 19.1. The minimum absolute atomic E-state index is 0.00113. The number of carboxylic acids is 1. The Labute approximate surface area is 93.6 Å². The molecule has 4 heteroatoms. The predicted molar refractivity (Wildman–Crippen MR) is 59.7 cm³/mol. The van der Waals surface area contributed by atoms with Crippen molar-refractivity contribution in [2.45, 2.75) is 19.4 Å². The monoisotopic (exact) mass is 219 g/mol. The summed E-state index contributed by atoms with van der Waals surface area (Å²) in [4.78, 5) is 14.7. The highest BCUT2D eigenvalue weighted by molar-refractivity contribution is 5.95. The van der Waals surface area contributed by atoms with Gasteiger partial charge >= 0.3 is 5.97 Å². The summed E-state index contributed by atoms with van der Waals surface area (Å²) in [5, 5.41) is 8.64. The number of benzene rings is 1. The molecule has 0 aromatic heterocycles. The van der Waals surface area contributed by atoms with E-state index in [1.807, 2.05) is 31.2 Å². The molecule has 84 valence electrons. The molecule has 1 aromatic carbocycles. The Balaban J connectivity index is 2.03. The number of hydrogen-bond acceptors (Lipinski definition) is 3. The molecule has 4 nitrogen and oxygen atoms in total. The molecule has 1 atom stereocenters. The first kappa shape index (κ1) is 10.7. The van der Waals surface area contributed by atoms with Gasteiger partial charge in [0, 0.05) is 5.56 Å². The molecular formula is C12H13NO3. The molecule has 1 aliphatic heterocycles. The topological polar surface area (TPSA) is 58.9 Å². The average molecular weight is 219 g/mol. The van der Waals surface area contributed by atoms with Gasteiger partial charge in [-0.25, -0.2) is 4.99 Å². The van der Waals surface area contributed by atoms with E-state index in [2.05, 4.69) is 4.99 Å². The third kappa shape index (κ3) is 2.39. The molecule has 0 saturated heterocycles. The first-order valence-corrected chi connectivity index (χ1v) is 5.15. The molecule has 1 heterocycles. The number of nitrogens with zero attached hydrogens (tertiary/aromatic N) is 1. The lowest BCUT2D eigenvalue weighted by molar-refractivity contribution is -0.138. The fourth-order valence-electron chi connectivity index (χ4n) is 1.57. The Kier molecular flexibility index (Phi) is 2.90. The van der Waals surface area contributed by atoms with Crippen molar-refractivity contribution in [3.8, 4) is 0 Å². The van der Waals surface area contributed by atoms with Crippen LogP contribution in [0.3, 0.4) is 0 Å². The van der Waals surface area contributed by atoms with Gasteiger partial charge in [0.1, 0.15) is 6.10 Å². The molecule has 0 saturated carbocycles. The molecule has 0 radical (unpaired) electrons. The summed E-state index contributed by atoms with van der Waals surface area (Å²) in [6, 6.07) is 7.81. The van der Waals surface area contributed by atoms with Crippen molar-refractivity contribution in [1.29, 1.82) is 0 Å². The zero-order chi connectivity index (χ0) is 11.5. The van der Waals surface area contributed by atoms with Crippen LogP contribution in [0.2, 0.25) is 0 Å². The van der Waals surface area contributed by atoms with Crippen molar-refractivity contribution in [3.63, 3.8) is 0 Å². The van der Waals surface area contributed by atoms with Gasteiger partial charge in [0.25, 0.3) is 0 Å². The van der Waals surface area contributed by atoms with Gasteiger partial charge < -0.3 is 9.84 Å². The maximum absolute atomic E-state index is 10.5. The van der Waals surface area contributed by atoms with E-state index in [-0.39, 0.29) is 12.5 Å². The number of aryl methyl sites for hydroxylation is 1. The van der Waals surface area contributed by atoms with Gasteiger partial charge in [0.15, 0.2) is 0 Å². The quantitative estimate of drug-likeness (QED) is 0.840. The Morgan fingerprint density at radius 1 is 1.50 bits per heavy atom. The van der Waals surface area contributed by atoms with Gasteiger partial charge in [0.05, 0.1) is 13.0 Å². The largest absolute Gasteiger partial charge is 0.481 e. The molecule has 1 N–H and O–H groups in total. The average Bonchev–Trinajstić information content (AvgIpc) is 2.66. The summed E-state index contributed by atoms with van der Waals surface area (Å²) in [7, 11) is 0. The highest BCUT2D eigenvalue weighted by Crippen LogP contribution is 2.15. The van der Waals surface area contributed by atoms with E-state index >= 15 is 0 Å². The maximum atomic E-state index is 10.5. The molecule has 0 bridgehead atoms. The maximum Gasteiger partial charge on any atom is 0.307 e. The second-order valence-corrected chi connectivity index (χ2v) is 3.85. The van der Waals surface area contributed by atoms with Crippen molar-refractivity contribution < 1.29 is 14.6 Å². The Morgan fingerprint density at radius 2 is 2.19 bits per heavy atom. The van der Waals surface area contributed by atoms with Gasteiger partial charge in [-0.2, -0.15) is 0 Å². The number of hydrogen-bond donors (Lipinski definition) is 1. The van der Waals surface area contributed by atoms with Crippen LogP contribution in [-0.4, -0.2) is 29.6 Å².